The van der Waals surface area contributed by atoms with Crippen LogP contribution < -0.4 is 5.73 Å². The van der Waals surface area contributed by atoms with Crippen molar-refractivity contribution < 1.29 is 0 Å². The van der Waals surface area contributed by atoms with Gasteiger partial charge in [0.15, 0.2) is 0 Å². The molecule has 0 amide bonds. The summed E-state index contributed by atoms with van der Waals surface area (Å²) >= 11 is 0. The minimum atomic E-state index is 0.0746. The molecule has 100 valence electrons. The number of aryl methyl sites for hydroxylation is 3. The molecular formula is C15H20N4. The first kappa shape index (κ1) is 13.3. The molecule has 0 spiro atoms. The molecule has 4 heteroatoms. The van der Waals surface area contributed by atoms with Crippen molar-refractivity contribution in [1.82, 2.24) is 9.78 Å². The minimum absolute atomic E-state index is 0.0746. The molecule has 2 aromatic rings. The highest BCUT2D eigenvalue weighted by atomic mass is 15.3. The summed E-state index contributed by atoms with van der Waals surface area (Å²) < 4.78 is 1.92. The van der Waals surface area contributed by atoms with Gasteiger partial charge in [0, 0.05) is 11.3 Å². The topological polar surface area (TPSA) is 67.7 Å². The summed E-state index contributed by atoms with van der Waals surface area (Å²) in [6, 6.07) is 8.00. The summed E-state index contributed by atoms with van der Waals surface area (Å²) in [6.07, 6.45) is 1.81. The molecule has 0 radical (unpaired) electrons. The summed E-state index contributed by atoms with van der Waals surface area (Å²) in [5, 5.41) is 12.3. The minimum Gasteiger partial charge on any atom is -0.384 e. The Morgan fingerprint density at radius 1 is 1.26 bits per heavy atom. The lowest BCUT2D eigenvalue weighted by atomic mass is 10.1. The quantitative estimate of drug-likeness (QED) is 0.652. The van der Waals surface area contributed by atoms with E-state index >= 15 is 0 Å². The van der Waals surface area contributed by atoms with E-state index in [1.807, 2.05) is 29.8 Å². The number of nitrogens with zero attached hydrogens (tertiary/aromatic N) is 2. The molecule has 19 heavy (non-hydrogen) atoms. The van der Waals surface area contributed by atoms with Crippen LogP contribution in [0.3, 0.4) is 0 Å². The van der Waals surface area contributed by atoms with Crippen molar-refractivity contribution in [1.29, 1.82) is 5.41 Å². The number of rotatable bonds is 4. The number of amidine groups is 1. The fraction of sp³-hybridized carbons (Fsp3) is 0.333. The third-order valence-electron chi connectivity index (χ3n) is 3.23. The molecule has 0 aliphatic heterocycles. The number of aromatic nitrogens is 2. The summed E-state index contributed by atoms with van der Waals surface area (Å²) in [7, 11) is 0. The number of nitrogens with two attached hydrogens (primary N) is 1. The lowest BCUT2D eigenvalue weighted by molar-refractivity contribution is 0.792. The maximum absolute atomic E-state index is 7.71. The van der Waals surface area contributed by atoms with E-state index in [2.05, 4.69) is 25.0 Å². The molecular weight excluding hydrogens is 236 g/mol. The Kier molecular flexibility index (Phi) is 3.69. The van der Waals surface area contributed by atoms with E-state index in [1.54, 1.807) is 0 Å². The Morgan fingerprint density at radius 2 is 2.00 bits per heavy atom. The highest BCUT2D eigenvalue weighted by Gasteiger charge is 2.13. The molecule has 4 nitrogen and oxygen atoms in total. The normalized spacial score (nSPS) is 10.7. The van der Waals surface area contributed by atoms with E-state index in [4.69, 9.17) is 11.1 Å². The van der Waals surface area contributed by atoms with Crippen LogP contribution in [0.2, 0.25) is 0 Å². The van der Waals surface area contributed by atoms with E-state index in [1.165, 1.54) is 0 Å². The predicted molar refractivity (Wildman–Crippen MR) is 78.1 cm³/mol. The van der Waals surface area contributed by atoms with Crippen molar-refractivity contribution >= 4 is 5.84 Å². The first-order valence-corrected chi connectivity index (χ1v) is 6.60. The average molecular weight is 256 g/mol. The highest BCUT2D eigenvalue weighted by Crippen LogP contribution is 2.19. The Morgan fingerprint density at radius 3 is 2.58 bits per heavy atom. The third-order valence-corrected chi connectivity index (χ3v) is 3.23. The van der Waals surface area contributed by atoms with Crippen molar-refractivity contribution in [3.8, 4) is 5.69 Å². The average Bonchev–Trinajstić information content (AvgIpc) is 2.81. The van der Waals surface area contributed by atoms with Crippen LogP contribution in [0.4, 0.5) is 0 Å². The van der Waals surface area contributed by atoms with Gasteiger partial charge < -0.3 is 5.73 Å². The second-order valence-electron chi connectivity index (χ2n) is 4.68. The van der Waals surface area contributed by atoms with Crippen LogP contribution in [-0.2, 0) is 12.8 Å². The summed E-state index contributed by atoms with van der Waals surface area (Å²) in [5.74, 6) is 0.0746. The van der Waals surface area contributed by atoms with Gasteiger partial charge in [-0.25, -0.2) is 4.68 Å². The van der Waals surface area contributed by atoms with E-state index in [0.717, 1.165) is 41.0 Å². The molecule has 2 rings (SSSR count). The fourth-order valence-corrected chi connectivity index (χ4v) is 2.15. The van der Waals surface area contributed by atoms with Crippen LogP contribution in [-0.4, -0.2) is 15.6 Å². The zero-order chi connectivity index (χ0) is 14.0. The number of nitrogen functional groups attached to an aromatic ring is 1. The van der Waals surface area contributed by atoms with Crippen molar-refractivity contribution in [2.75, 3.05) is 0 Å². The van der Waals surface area contributed by atoms with Crippen molar-refractivity contribution in [2.24, 2.45) is 5.73 Å². The zero-order valence-electron chi connectivity index (χ0n) is 11.7. The molecule has 1 aromatic carbocycles. The predicted octanol–water partition coefficient (Wildman–Crippen LogP) is 2.59. The second kappa shape index (κ2) is 5.26. The van der Waals surface area contributed by atoms with Crippen LogP contribution in [0.25, 0.3) is 5.69 Å². The molecule has 1 aromatic heterocycles. The van der Waals surface area contributed by atoms with Gasteiger partial charge in [-0.05, 0) is 43.5 Å². The standard InChI is InChI=1S/C15H20N4/c1-4-11-9-12(5-2)19(18-11)14-8-10(3)6-7-13(14)15(16)17/h6-9H,4-5H2,1-3H3,(H3,16,17). The maximum atomic E-state index is 7.71. The molecule has 0 saturated carbocycles. The van der Waals surface area contributed by atoms with E-state index in [0.29, 0.717) is 0 Å². The Labute approximate surface area is 113 Å². The molecule has 1 heterocycles. The number of hydrogen-bond donors (Lipinski definition) is 2. The van der Waals surface area contributed by atoms with Crippen molar-refractivity contribution in [3.63, 3.8) is 0 Å². The van der Waals surface area contributed by atoms with Crippen LogP contribution >= 0.6 is 0 Å². The first-order chi connectivity index (χ1) is 9.06. The molecule has 0 fully saturated rings. The SMILES string of the molecule is CCc1cc(CC)n(-c2cc(C)ccc2C(=N)N)n1. The van der Waals surface area contributed by atoms with Crippen LogP contribution in [0.15, 0.2) is 24.3 Å². The van der Waals surface area contributed by atoms with Gasteiger partial charge in [0.1, 0.15) is 5.84 Å². The molecule has 0 aliphatic carbocycles. The van der Waals surface area contributed by atoms with Gasteiger partial charge in [0.05, 0.1) is 11.4 Å². The third kappa shape index (κ3) is 2.52. The molecule has 0 unspecified atom stereocenters. The lowest BCUT2D eigenvalue weighted by Gasteiger charge is -2.12. The molecule has 3 N–H and O–H groups in total. The Bertz CT molecular complexity index is 611. The highest BCUT2D eigenvalue weighted by molar-refractivity contribution is 5.98. The van der Waals surface area contributed by atoms with E-state index < -0.39 is 0 Å². The number of hydrogen-bond acceptors (Lipinski definition) is 2. The zero-order valence-corrected chi connectivity index (χ0v) is 11.7. The van der Waals surface area contributed by atoms with Gasteiger partial charge in [-0.15, -0.1) is 0 Å². The van der Waals surface area contributed by atoms with Gasteiger partial charge in [-0.1, -0.05) is 19.9 Å². The van der Waals surface area contributed by atoms with Gasteiger partial charge >= 0.3 is 0 Å². The van der Waals surface area contributed by atoms with Crippen LogP contribution in [0, 0.1) is 12.3 Å². The van der Waals surface area contributed by atoms with E-state index in [9.17, 15) is 0 Å². The second-order valence-corrected chi connectivity index (χ2v) is 4.68. The monoisotopic (exact) mass is 256 g/mol. The van der Waals surface area contributed by atoms with Gasteiger partial charge in [0.2, 0.25) is 0 Å². The van der Waals surface area contributed by atoms with Gasteiger partial charge in [0.25, 0.3) is 0 Å². The van der Waals surface area contributed by atoms with Gasteiger partial charge in [-0.3, -0.25) is 5.41 Å². The maximum Gasteiger partial charge on any atom is 0.124 e. The number of nitrogens with one attached hydrogen (secondary N) is 1. The largest absolute Gasteiger partial charge is 0.384 e. The van der Waals surface area contributed by atoms with Crippen molar-refractivity contribution in [3.05, 3.63) is 46.8 Å². The molecule has 0 atom stereocenters. The van der Waals surface area contributed by atoms with Crippen molar-refractivity contribution in [2.45, 2.75) is 33.6 Å². The summed E-state index contributed by atoms with van der Waals surface area (Å²) in [4.78, 5) is 0. The molecule has 0 aliphatic rings. The summed E-state index contributed by atoms with van der Waals surface area (Å²) in [6.45, 7) is 6.23. The van der Waals surface area contributed by atoms with Crippen LogP contribution in [0.5, 0.6) is 0 Å². The lowest BCUT2D eigenvalue weighted by Crippen LogP contribution is -2.16. The molecule has 0 saturated heterocycles. The Balaban J connectivity index is 2.66. The summed E-state index contributed by atoms with van der Waals surface area (Å²) in [5.41, 5.74) is 10.6. The number of benzene rings is 1. The molecule has 0 bridgehead atoms. The smallest absolute Gasteiger partial charge is 0.124 e. The van der Waals surface area contributed by atoms with E-state index in [-0.39, 0.29) is 5.84 Å². The fourth-order valence-electron chi connectivity index (χ4n) is 2.15. The van der Waals surface area contributed by atoms with Crippen LogP contribution in [0.1, 0.15) is 36.4 Å². The van der Waals surface area contributed by atoms with Gasteiger partial charge in [-0.2, -0.15) is 5.10 Å². The first-order valence-electron chi connectivity index (χ1n) is 6.60. The Hall–Kier alpha value is -2.10.